The smallest absolute Gasteiger partial charge is 0.243 e. The lowest BCUT2D eigenvalue weighted by atomic mass is 10.1. The fourth-order valence-corrected chi connectivity index (χ4v) is 4.29. The van der Waals surface area contributed by atoms with Gasteiger partial charge in [-0.1, -0.05) is 11.6 Å². The summed E-state index contributed by atoms with van der Waals surface area (Å²) in [6, 6.07) is 6.21. The zero-order valence-electron chi connectivity index (χ0n) is 10.9. The van der Waals surface area contributed by atoms with Crippen molar-refractivity contribution in [3.8, 4) is 0 Å². The van der Waals surface area contributed by atoms with Crippen LogP contribution in [-0.4, -0.2) is 44.8 Å². The van der Waals surface area contributed by atoms with Gasteiger partial charge >= 0.3 is 0 Å². The highest BCUT2D eigenvalue weighted by molar-refractivity contribution is 7.89. The molecule has 2 fully saturated rings. The second-order valence-corrected chi connectivity index (χ2v) is 7.38. The maximum atomic E-state index is 12.6. The number of ether oxygens (including phenoxy) is 2. The SMILES string of the molecule is O=S(=O)(c1ccc(Cl)cc1)N1CCCC2(C1)OCCO2. The summed E-state index contributed by atoms with van der Waals surface area (Å²) in [6.07, 6.45) is 1.46. The van der Waals surface area contributed by atoms with Crippen LogP contribution in [0.4, 0.5) is 0 Å². The van der Waals surface area contributed by atoms with Crippen LogP contribution in [0.2, 0.25) is 5.02 Å². The monoisotopic (exact) mass is 317 g/mol. The molecule has 0 N–H and O–H groups in total. The molecule has 3 rings (SSSR count). The van der Waals surface area contributed by atoms with Crippen LogP contribution in [0.25, 0.3) is 0 Å². The van der Waals surface area contributed by atoms with Crippen molar-refractivity contribution >= 4 is 21.6 Å². The number of rotatable bonds is 2. The number of nitrogens with zero attached hydrogens (tertiary/aromatic N) is 1. The van der Waals surface area contributed by atoms with Gasteiger partial charge in [0, 0.05) is 18.0 Å². The Labute approximate surface area is 123 Å². The Balaban J connectivity index is 1.85. The predicted octanol–water partition coefficient (Wildman–Crippen LogP) is 1.87. The maximum absolute atomic E-state index is 12.6. The highest BCUT2D eigenvalue weighted by Crippen LogP contribution is 2.32. The molecule has 0 atom stereocenters. The lowest BCUT2D eigenvalue weighted by molar-refractivity contribution is -0.179. The van der Waals surface area contributed by atoms with Gasteiger partial charge in [0.2, 0.25) is 10.0 Å². The van der Waals surface area contributed by atoms with E-state index in [0.717, 1.165) is 12.8 Å². The van der Waals surface area contributed by atoms with Gasteiger partial charge in [0.05, 0.1) is 24.7 Å². The molecule has 2 aliphatic rings. The van der Waals surface area contributed by atoms with Crippen LogP contribution in [0.1, 0.15) is 12.8 Å². The summed E-state index contributed by atoms with van der Waals surface area (Å²) in [6.45, 7) is 1.78. The van der Waals surface area contributed by atoms with Gasteiger partial charge in [0.1, 0.15) is 0 Å². The van der Waals surface area contributed by atoms with Crippen molar-refractivity contribution in [3.05, 3.63) is 29.3 Å². The van der Waals surface area contributed by atoms with Crippen molar-refractivity contribution in [1.82, 2.24) is 4.31 Å². The van der Waals surface area contributed by atoms with E-state index in [1.165, 1.54) is 16.4 Å². The Kier molecular flexibility index (Phi) is 3.77. The Morgan fingerprint density at radius 3 is 2.45 bits per heavy atom. The van der Waals surface area contributed by atoms with E-state index in [0.29, 0.717) is 24.8 Å². The first kappa shape index (κ1) is 14.3. The third kappa shape index (κ3) is 2.58. The highest BCUT2D eigenvalue weighted by atomic mass is 35.5. The van der Waals surface area contributed by atoms with Gasteiger partial charge < -0.3 is 9.47 Å². The summed E-state index contributed by atoms with van der Waals surface area (Å²) in [5.41, 5.74) is 0. The quantitative estimate of drug-likeness (QED) is 0.835. The number of piperidine rings is 1. The van der Waals surface area contributed by atoms with Crippen molar-refractivity contribution in [2.24, 2.45) is 0 Å². The summed E-state index contributed by atoms with van der Waals surface area (Å²) in [4.78, 5) is 0.247. The van der Waals surface area contributed by atoms with Gasteiger partial charge in [-0.2, -0.15) is 4.31 Å². The van der Waals surface area contributed by atoms with Crippen LogP contribution in [0, 0.1) is 0 Å². The second-order valence-electron chi connectivity index (χ2n) is 5.00. The lowest BCUT2D eigenvalue weighted by Gasteiger charge is -2.37. The molecule has 0 aromatic heterocycles. The van der Waals surface area contributed by atoms with Gasteiger partial charge in [0.25, 0.3) is 0 Å². The first-order valence-corrected chi connectivity index (χ1v) is 8.37. The van der Waals surface area contributed by atoms with Crippen LogP contribution in [0.3, 0.4) is 0 Å². The van der Waals surface area contributed by atoms with E-state index >= 15 is 0 Å². The fourth-order valence-electron chi connectivity index (χ4n) is 2.64. The zero-order valence-corrected chi connectivity index (χ0v) is 12.5. The molecule has 1 aromatic rings. The molecule has 0 unspecified atom stereocenters. The maximum Gasteiger partial charge on any atom is 0.243 e. The van der Waals surface area contributed by atoms with Crippen LogP contribution < -0.4 is 0 Å². The van der Waals surface area contributed by atoms with E-state index < -0.39 is 15.8 Å². The average molecular weight is 318 g/mol. The largest absolute Gasteiger partial charge is 0.346 e. The van der Waals surface area contributed by atoms with Gasteiger partial charge in [-0.3, -0.25) is 0 Å². The van der Waals surface area contributed by atoms with E-state index in [9.17, 15) is 8.42 Å². The zero-order chi connectivity index (χ0) is 14.2. The Morgan fingerprint density at radius 2 is 1.80 bits per heavy atom. The van der Waals surface area contributed by atoms with Gasteiger partial charge in [0.15, 0.2) is 5.79 Å². The van der Waals surface area contributed by atoms with Crippen molar-refractivity contribution in [2.75, 3.05) is 26.3 Å². The summed E-state index contributed by atoms with van der Waals surface area (Å²) >= 11 is 5.80. The lowest BCUT2D eigenvalue weighted by Crippen LogP contribution is -2.50. The number of benzene rings is 1. The number of hydrogen-bond donors (Lipinski definition) is 0. The standard InChI is InChI=1S/C13H16ClNO4S/c14-11-2-4-12(5-3-11)20(16,17)15-7-1-6-13(10-15)18-8-9-19-13/h2-5H,1,6-10H2. The molecule has 0 saturated carbocycles. The molecular formula is C13H16ClNO4S. The minimum absolute atomic E-state index is 0.247. The number of halogens is 1. The van der Waals surface area contributed by atoms with Crippen LogP contribution in [0.15, 0.2) is 29.2 Å². The minimum Gasteiger partial charge on any atom is -0.346 e. The first-order valence-electron chi connectivity index (χ1n) is 6.56. The summed E-state index contributed by atoms with van der Waals surface area (Å²) in [7, 11) is -3.53. The van der Waals surface area contributed by atoms with Crippen LogP contribution in [-0.2, 0) is 19.5 Å². The highest BCUT2D eigenvalue weighted by Gasteiger charge is 2.44. The Bertz CT molecular complexity index is 581. The van der Waals surface area contributed by atoms with Crippen LogP contribution in [0.5, 0.6) is 0 Å². The molecule has 1 spiro atoms. The molecule has 2 aliphatic heterocycles. The van der Waals surface area contributed by atoms with E-state index in [-0.39, 0.29) is 11.4 Å². The average Bonchev–Trinajstić information content (AvgIpc) is 2.87. The molecule has 0 amide bonds. The molecular weight excluding hydrogens is 302 g/mol. The molecule has 0 aliphatic carbocycles. The number of hydrogen-bond acceptors (Lipinski definition) is 4. The summed E-state index contributed by atoms with van der Waals surface area (Å²) in [5.74, 6) is -0.752. The molecule has 0 bridgehead atoms. The normalized spacial score (nSPS) is 23.2. The molecule has 1 aromatic carbocycles. The predicted molar refractivity (Wildman–Crippen MR) is 74.1 cm³/mol. The Hall–Kier alpha value is -0.660. The van der Waals surface area contributed by atoms with E-state index in [1.54, 1.807) is 12.1 Å². The third-order valence-electron chi connectivity index (χ3n) is 3.65. The van der Waals surface area contributed by atoms with E-state index in [1.807, 2.05) is 0 Å². The minimum atomic E-state index is -3.53. The van der Waals surface area contributed by atoms with Crippen molar-refractivity contribution < 1.29 is 17.9 Å². The Morgan fingerprint density at radius 1 is 1.15 bits per heavy atom. The molecule has 20 heavy (non-hydrogen) atoms. The summed E-state index contributed by atoms with van der Waals surface area (Å²) in [5, 5.41) is 0.515. The second kappa shape index (κ2) is 5.27. The fraction of sp³-hybridized carbons (Fsp3) is 0.538. The molecule has 7 heteroatoms. The molecule has 5 nitrogen and oxygen atoms in total. The first-order chi connectivity index (χ1) is 9.52. The summed E-state index contributed by atoms with van der Waals surface area (Å²) < 4.78 is 37.9. The van der Waals surface area contributed by atoms with Gasteiger partial charge in [-0.05, 0) is 30.7 Å². The van der Waals surface area contributed by atoms with Crippen molar-refractivity contribution in [3.63, 3.8) is 0 Å². The van der Waals surface area contributed by atoms with Gasteiger partial charge in [-0.25, -0.2) is 8.42 Å². The molecule has 2 saturated heterocycles. The molecule has 0 radical (unpaired) electrons. The van der Waals surface area contributed by atoms with Crippen molar-refractivity contribution in [1.29, 1.82) is 0 Å². The third-order valence-corrected chi connectivity index (χ3v) is 5.76. The number of sulfonamides is 1. The molecule has 110 valence electrons. The van der Waals surface area contributed by atoms with Crippen LogP contribution >= 0.6 is 11.6 Å². The van der Waals surface area contributed by atoms with Gasteiger partial charge in [-0.15, -0.1) is 0 Å². The van der Waals surface area contributed by atoms with E-state index in [4.69, 9.17) is 21.1 Å². The van der Waals surface area contributed by atoms with Crippen molar-refractivity contribution in [2.45, 2.75) is 23.5 Å². The topological polar surface area (TPSA) is 55.8 Å². The molecule has 2 heterocycles. The van der Waals surface area contributed by atoms with E-state index in [2.05, 4.69) is 0 Å².